The van der Waals surface area contributed by atoms with Gasteiger partial charge < -0.3 is 9.47 Å². The van der Waals surface area contributed by atoms with E-state index in [9.17, 15) is 18.5 Å². The third kappa shape index (κ3) is 4.95. The summed E-state index contributed by atoms with van der Waals surface area (Å²) < 4.78 is 39.0. The quantitative estimate of drug-likeness (QED) is 0.381. The van der Waals surface area contributed by atoms with Gasteiger partial charge in [0.1, 0.15) is 11.5 Å². The SMILES string of the molecule is COc1cc(OC)cc(N(Cc2ccc(C)cc2)S(=O)(=O)c2cccc([N+](=O)[O-])c2)c1. The summed E-state index contributed by atoms with van der Waals surface area (Å²) in [6, 6.07) is 17.2. The number of non-ortho nitro benzene ring substituents is 1. The number of hydrogen-bond donors (Lipinski definition) is 0. The number of ether oxygens (including phenoxy) is 2. The Hall–Kier alpha value is -3.59. The van der Waals surface area contributed by atoms with Crippen molar-refractivity contribution in [2.75, 3.05) is 18.5 Å². The lowest BCUT2D eigenvalue weighted by Crippen LogP contribution is -2.30. The van der Waals surface area contributed by atoms with Crippen molar-refractivity contribution in [2.45, 2.75) is 18.4 Å². The minimum absolute atomic E-state index is 0.0155. The maximum atomic E-state index is 13.6. The molecule has 9 heteroatoms. The van der Waals surface area contributed by atoms with E-state index in [4.69, 9.17) is 9.47 Å². The Bertz CT molecular complexity index is 1170. The summed E-state index contributed by atoms with van der Waals surface area (Å²) in [7, 11) is -1.21. The van der Waals surface area contributed by atoms with Crippen LogP contribution in [0.2, 0.25) is 0 Å². The molecule has 3 rings (SSSR count). The fourth-order valence-corrected chi connectivity index (χ4v) is 4.47. The highest BCUT2D eigenvalue weighted by molar-refractivity contribution is 7.92. The number of nitro benzene ring substituents is 1. The van der Waals surface area contributed by atoms with Gasteiger partial charge in [-0.2, -0.15) is 0 Å². The molecule has 3 aromatic rings. The second-order valence-electron chi connectivity index (χ2n) is 6.82. The molecule has 0 aromatic heterocycles. The Balaban J connectivity index is 2.16. The minimum Gasteiger partial charge on any atom is -0.497 e. The van der Waals surface area contributed by atoms with Crippen LogP contribution in [0, 0.1) is 17.0 Å². The number of nitrogens with zero attached hydrogens (tertiary/aromatic N) is 2. The second-order valence-corrected chi connectivity index (χ2v) is 8.68. The van der Waals surface area contributed by atoms with Gasteiger partial charge in [-0.25, -0.2) is 8.42 Å². The first-order chi connectivity index (χ1) is 14.7. The normalized spacial score (nSPS) is 11.1. The highest BCUT2D eigenvalue weighted by Gasteiger charge is 2.28. The number of methoxy groups -OCH3 is 2. The van der Waals surface area contributed by atoms with Crippen LogP contribution >= 0.6 is 0 Å². The predicted molar refractivity (Wildman–Crippen MR) is 117 cm³/mol. The van der Waals surface area contributed by atoms with Crippen LogP contribution in [0.5, 0.6) is 11.5 Å². The van der Waals surface area contributed by atoms with Gasteiger partial charge in [-0.15, -0.1) is 0 Å². The third-order valence-electron chi connectivity index (χ3n) is 4.69. The van der Waals surface area contributed by atoms with Crippen molar-refractivity contribution in [1.82, 2.24) is 0 Å². The number of rotatable bonds is 8. The largest absolute Gasteiger partial charge is 0.497 e. The lowest BCUT2D eigenvalue weighted by atomic mass is 10.1. The van der Waals surface area contributed by atoms with Crippen LogP contribution in [0.15, 0.2) is 71.6 Å². The summed E-state index contributed by atoms with van der Waals surface area (Å²) in [5.41, 5.74) is 1.80. The molecule has 31 heavy (non-hydrogen) atoms. The lowest BCUT2D eigenvalue weighted by Gasteiger charge is -2.25. The molecule has 0 atom stereocenters. The van der Waals surface area contributed by atoms with Gasteiger partial charge >= 0.3 is 0 Å². The van der Waals surface area contributed by atoms with Gasteiger partial charge in [0.2, 0.25) is 0 Å². The topological polar surface area (TPSA) is 99.0 Å². The summed E-state index contributed by atoms with van der Waals surface area (Å²) in [5.74, 6) is 0.829. The molecule has 0 heterocycles. The molecule has 0 unspecified atom stereocenters. The van der Waals surface area contributed by atoms with Crippen molar-refractivity contribution in [1.29, 1.82) is 0 Å². The summed E-state index contributed by atoms with van der Waals surface area (Å²) in [6.45, 7) is 1.95. The van der Waals surface area contributed by atoms with Crippen LogP contribution in [0.25, 0.3) is 0 Å². The summed E-state index contributed by atoms with van der Waals surface area (Å²) in [6.07, 6.45) is 0. The molecule has 0 saturated carbocycles. The monoisotopic (exact) mass is 442 g/mol. The van der Waals surface area contributed by atoms with Gasteiger partial charge in [0, 0.05) is 30.3 Å². The molecule has 0 fully saturated rings. The number of hydrogen-bond acceptors (Lipinski definition) is 6. The van der Waals surface area contributed by atoms with Crippen LogP contribution in [0.4, 0.5) is 11.4 Å². The number of benzene rings is 3. The molecule has 0 aliphatic heterocycles. The van der Waals surface area contributed by atoms with Crippen molar-refractivity contribution in [3.05, 3.63) is 88.0 Å². The van der Waals surface area contributed by atoms with E-state index >= 15 is 0 Å². The highest BCUT2D eigenvalue weighted by Crippen LogP contribution is 2.33. The third-order valence-corrected chi connectivity index (χ3v) is 6.46. The molecule has 3 aromatic carbocycles. The van der Waals surface area contributed by atoms with E-state index in [1.54, 1.807) is 18.2 Å². The Kier molecular flexibility index (Phi) is 6.45. The molecule has 0 spiro atoms. The minimum atomic E-state index is -4.15. The zero-order valence-corrected chi connectivity index (χ0v) is 18.1. The van der Waals surface area contributed by atoms with E-state index in [1.165, 1.54) is 36.7 Å². The first-order valence-electron chi connectivity index (χ1n) is 9.30. The van der Waals surface area contributed by atoms with Gasteiger partial charge in [0.05, 0.1) is 36.3 Å². The molecule has 0 saturated heterocycles. The molecule has 0 N–H and O–H groups in total. The first-order valence-corrected chi connectivity index (χ1v) is 10.7. The molecular weight excluding hydrogens is 420 g/mol. The van der Waals surface area contributed by atoms with Crippen LogP contribution < -0.4 is 13.8 Å². The molecule has 0 aliphatic rings. The molecule has 0 bridgehead atoms. The van der Waals surface area contributed by atoms with Gasteiger partial charge in [-0.3, -0.25) is 14.4 Å². The summed E-state index contributed by atoms with van der Waals surface area (Å²) in [5, 5.41) is 11.2. The smallest absolute Gasteiger partial charge is 0.270 e. The lowest BCUT2D eigenvalue weighted by molar-refractivity contribution is -0.385. The van der Waals surface area contributed by atoms with Crippen molar-refractivity contribution in [3.8, 4) is 11.5 Å². The van der Waals surface area contributed by atoms with Crippen LogP contribution in [0.3, 0.4) is 0 Å². The van der Waals surface area contributed by atoms with Crippen molar-refractivity contribution < 1.29 is 22.8 Å². The number of anilines is 1. The zero-order valence-electron chi connectivity index (χ0n) is 17.3. The Morgan fingerprint density at radius 2 is 1.55 bits per heavy atom. The number of sulfonamides is 1. The average Bonchev–Trinajstić information content (AvgIpc) is 2.78. The van der Waals surface area contributed by atoms with Crippen molar-refractivity contribution in [3.63, 3.8) is 0 Å². The molecule has 8 nitrogen and oxygen atoms in total. The van der Waals surface area contributed by atoms with E-state index in [0.29, 0.717) is 17.2 Å². The molecule has 0 radical (unpaired) electrons. The van der Waals surface area contributed by atoms with Gasteiger partial charge in [0.25, 0.3) is 15.7 Å². The van der Waals surface area contributed by atoms with Crippen LogP contribution in [-0.2, 0) is 16.6 Å². The molecule has 0 amide bonds. The maximum absolute atomic E-state index is 13.6. The van der Waals surface area contributed by atoms with Gasteiger partial charge in [-0.1, -0.05) is 35.9 Å². The standard InChI is InChI=1S/C22H22N2O6S/c1-16-7-9-17(10-8-16)15-23(19-11-20(29-2)14-21(12-19)30-3)31(27,28)22-6-4-5-18(13-22)24(25)26/h4-14H,15H2,1-3H3. The van der Waals surface area contributed by atoms with Crippen LogP contribution in [-0.4, -0.2) is 27.6 Å². The van der Waals surface area contributed by atoms with Crippen molar-refractivity contribution >= 4 is 21.4 Å². The predicted octanol–water partition coefficient (Wildman–Crippen LogP) is 4.32. The van der Waals surface area contributed by atoms with Gasteiger partial charge in [-0.05, 0) is 18.6 Å². The highest BCUT2D eigenvalue weighted by atomic mass is 32.2. The first kappa shape index (κ1) is 22.1. The second kappa shape index (κ2) is 9.05. The Morgan fingerprint density at radius 3 is 2.10 bits per heavy atom. The van der Waals surface area contributed by atoms with E-state index < -0.39 is 14.9 Å². The Morgan fingerprint density at radius 1 is 0.935 bits per heavy atom. The summed E-state index contributed by atoms with van der Waals surface area (Å²) in [4.78, 5) is 10.4. The maximum Gasteiger partial charge on any atom is 0.270 e. The molecule has 0 aliphatic carbocycles. The fourth-order valence-electron chi connectivity index (χ4n) is 3.00. The van der Waals surface area contributed by atoms with E-state index in [-0.39, 0.29) is 17.1 Å². The number of nitro groups is 1. The summed E-state index contributed by atoms with van der Waals surface area (Å²) >= 11 is 0. The van der Waals surface area contributed by atoms with Gasteiger partial charge in [0.15, 0.2) is 0 Å². The van der Waals surface area contributed by atoms with E-state index in [0.717, 1.165) is 17.2 Å². The van der Waals surface area contributed by atoms with E-state index in [1.807, 2.05) is 31.2 Å². The van der Waals surface area contributed by atoms with Crippen molar-refractivity contribution in [2.24, 2.45) is 0 Å². The molecule has 162 valence electrons. The fraction of sp³-hybridized carbons (Fsp3) is 0.182. The average molecular weight is 442 g/mol. The number of aryl methyl sites for hydroxylation is 1. The molecular formula is C22H22N2O6S. The Labute approximate surface area is 180 Å². The van der Waals surface area contributed by atoms with Crippen LogP contribution in [0.1, 0.15) is 11.1 Å². The zero-order chi connectivity index (χ0) is 22.6. The van der Waals surface area contributed by atoms with E-state index in [2.05, 4.69) is 0 Å².